The Morgan fingerprint density at radius 2 is 1.68 bits per heavy atom. The molecule has 0 saturated carbocycles. The van der Waals surface area contributed by atoms with E-state index in [1.165, 1.54) is 18.1 Å². The van der Waals surface area contributed by atoms with E-state index < -0.39 is 11.7 Å². The third-order valence-corrected chi connectivity index (χ3v) is 5.43. The van der Waals surface area contributed by atoms with Crippen molar-refractivity contribution in [1.82, 2.24) is 14.9 Å². The number of nitrogens with one attached hydrogen (secondary N) is 1. The monoisotopic (exact) mass is 427 g/mol. The first kappa shape index (κ1) is 21.1. The molecule has 1 saturated heterocycles. The molecule has 31 heavy (non-hydrogen) atoms. The van der Waals surface area contributed by atoms with Crippen molar-refractivity contribution in [2.75, 3.05) is 43.4 Å². The van der Waals surface area contributed by atoms with Crippen molar-refractivity contribution in [3.63, 3.8) is 0 Å². The number of alkyl halides is 3. The number of hydrogen-bond donors (Lipinski definition) is 1. The second kappa shape index (κ2) is 8.93. The van der Waals surface area contributed by atoms with E-state index in [9.17, 15) is 13.2 Å². The van der Waals surface area contributed by atoms with Gasteiger partial charge in [-0.15, -0.1) is 0 Å². The molecule has 0 radical (unpaired) electrons. The van der Waals surface area contributed by atoms with Gasteiger partial charge in [0.25, 0.3) is 0 Å². The maximum absolute atomic E-state index is 12.9. The van der Waals surface area contributed by atoms with Crippen LogP contribution in [0.15, 0.2) is 60.9 Å². The summed E-state index contributed by atoms with van der Waals surface area (Å²) in [7, 11) is 2.13. The Kier molecular flexibility index (Phi) is 6.08. The van der Waals surface area contributed by atoms with E-state index in [1.54, 1.807) is 12.1 Å². The Morgan fingerprint density at radius 3 is 2.39 bits per heavy atom. The van der Waals surface area contributed by atoms with Gasteiger partial charge in [-0.1, -0.05) is 24.3 Å². The van der Waals surface area contributed by atoms with E-state index in [4.69, 9.17) is 0 Å². The molecule has 1 fully saturated rings. The molecule has 1 aliphatic rings. The molecule has 0 bridgehead atoms. The molecule has 1 N–H and O–H groups in total. The summed E-state index contributed by atoms with van der Waals surface area (Å²) < 4.78 is 38.7. The van der Waals surface area contributed by atoms with Crippen LogP contribution < -0.4 is 10.2 Å². The van der Waals surface area contributed by atoms with Crippen LogP contribution in [0.3, 0.4) is 0 Å². The van der Waals surface area contributed by atoms with E-state index in [0.29, 0.717) is 11.4 Å². The summed E-state index contributed by atoms with van der Waals surface area (Å²) >= 11 is 0. The average molecular weight is 427 g/mol. The van der Waals surface area contributed by atoms with E-state index >= 15 is 0 Å². The standard InChI is InChI=1S/C23H24F3N5/c1-30-9-11-31(12-10-30)20-7-5-18(6-8-20)21-14-22(29-16-28-21)27-15-17-3-2-4-19(13-17)23(24,25)26/h2-8,13-14,16H,9-12,15H2,1H3,(H,27,28,29). The third-order valence-electron chi connectivity index (χ3n) is 5.43. The Morgan fingerprint density at radius 1 is 0.935 bits per heavy atom. The third kappa shape index (κ3) is 5.32. The van der Waals surface area contributed by atoms with Gasteiger partial charge in [-0.2, -0.15) is 13.2 Å². The van der Waals surface area contributed by atoms with Gasteiger partial charge in [0, 0.05) is 50.0 Å². The molecule has 2 heterocycles. The lowest BCUT2D eigenvalue weighted by molar-refractivity contribution is -0.137. The average Bonchev–Trinajstić information content (AvgIpc) is 2.78. The maximum Gasteiger partial charge on any atom is 0.416 e. The van der Waals surface area contributed by atoms with E-state index in [2.05, 4.69) is 44.3 Å². The first-order valence-corrected chi connectivity index (χ1v) is 10.1. The van der Waals surface area contributed by atoms with Crippen molar-refractivity contribution in [1.29, 1.82) is 0 Å². The lowest BCUT2D eigenvalue weighted by atomic mass is 10.1. The predicted octanol–water partition coefficient (Wildman–Crippen LogP) is 4.53. The topological polar surface area (TPSA) is 44.3 Å². The van der Waals surface area contributed by atoms with Gasteiger partial charge in [0.05, 0.1) is 11.3 Å². The summed E-state index contributed by atoms with van der Waals surface area (Å²) in [6.45, 7) is 4.35. The van der Waals surface area contributed by atoms with Crippen LogP contribution >= 0.6 is 0 Å². The van der Waals surface area contributed by atoms with Gasteiger partial charge in [0.2, 0.25) is 0 Å². The van der Waals surface area contributed by atoms with Crippen LogP contribution in [0.5, 0.6) is 0 Å². The summed E-state index contributed by atoms with van der Waals surface area (Å²) in [4.78, 5) is 13.2. The van der Waals surface area contributed by atoms with Gasteiger partial charge in [0.1, 0.15) is 12.1 Å². The van der Waals surface area contributed by atoms with Gasteiger partial charge in [-0.05, 0) is 36.9 Å². The lowest BCUT2D eigenvalue weighted by Gasteiger charge is -2.34. The molecule has 1 aliphatic heterocycles. The van der Waals surface area contributed by atoms with Crippen molar-refractivity contribution >= 4 is 11.5 Å². The van der Waals surface area contributed by atoms with Crippen LogP contribution in [0.25, 0.3) is 11.3 Å². The fourth-order valence-electron chi connectivity index (χ4n) is 3.57. The highest BCUT2D eigenvalue weighted by Crippen LogP contribution is 2.30. The van der Waals surface area contributed by atoms with Crippen LogP contribution in [-0.4, -0.2) is 48.1 Å². The summed E-state index contributed by atoms with van der Waals surface area (Å²) in [5, 5.41) is 3.09. The van der Waals surface area contributed by atoms with Crippen molar-refractivity contribution < 1.29 is 13.2 Å². The Hall–Kier alpha value is -3.13. The fourth-order valence-corrected chi connectivity index (χ4v) is 3.57. The van der Waals surface area contributed by atoms with Gasteiger partial charge in [0.15, 0.2) is 0 Å². The second-order valence-electron chi connectivity index (χ2n) is 7.68. The summed E-state index contributed by atoms with van der Waals surface area (Å²) in [6, 6.07) is 15.3. The molecule has 3 aromatic rings. The lowest BCUT2D eigenvalue weighted by Crippen LogP contribution is -2.44. The number of aromatic nitrogens is 2. The molecule has 162 valence electrons. The second-order valence-corrected chi connectivity index (χ2v) is 7.68. The molecule has 2 aromatic carbocycles. The minimum Gasteiger partial charge on any atom is -0.369 e. The highest BCUT2D eigenvalue weighted by Gasteiger charge is 2.30. The SMILES string of the molecule is CN1CCN(c2ccc(-c3cc(NCc4cccc(C(F)(F)F)c4)ncn3)cc2)CC1. The normalized spacial score (nSPS) is 15.2. The Balaban J connectivity index is 1.43. The minimum absolute atomic E-state index is 0.239. The molecule has 1 aromatic heterocycles. The van der Waals surface area contributed by atoms with Gasteiger partial charge < -0.3 is 15.1 Å². The van der Waals surface area contributed by atoms with Crippen LogP contribution in [0, 0.1) is 0 Å². The minimum atomic E-state index is -4.35. The molecule has 8 heteroatoms. The van der Waals surface area contributed by atoms with E-state index in [0.717, 1.165) is 49.6 Å². The van der Waals surface area contributed by atoms with Crippen LogP contribution in [0.1, 0.15) is 11.1 Å². The van der Waals surface area contributed by atoms with Crippen molar-refractivity contribution in [2.45, 2.75) is 12.7 Å². The van der Waals surface area contributed by atoms with Crippen molar-refractivity contribution in [3.8, 4) is 11.3 Å². The molecule has 5 nitrogen and oxygen atoms in total. The number of benzene rings is 2. The van der Waals surface area contributed by atoms with Gasteiger partial charge in [-0.3, -0.25) is 0 Å². The van der Waals surface area contributed by atoms with Crippen LogP contribution in [0.2, 0.25) is 0 Å². The molecule has 0 amide bonds. The summed E-state index contributed by atoms with van der Waals surface area (Å²) in [5.41, 5.74) is 2.78. The van der Waals surface area contributed by atoms with Crippen LogP contribution in [-0.2, 0) is 12.7 Å². The molecule has 0 spiro atoms. The number of rotatable bonds is 5. The number of hydrogen-bond acceptors (Lipinski definition) is 5. The smallest absolute Gasteiger partial charge is 0.369 e. The number of likely N-dealkylation sites (N-methyl/N-ethyl adjacent to an activating group) is 1. The number of anilines is 2. The highest BCUT2D eigenvalue weighted by molar-refractivity contribution is 5.65. The molecule has 0 atom stereocenters. The van der Waals surface area contributed by atoms with Crippen molar-refractivity contribution in [3.05, 3.63) is 72.1 Å². The zero-order valence-corrected chi connectivity index (χ0v) is 17.2. The predicted molar refractivity (Wildman–Crippen MR) is 116 cm³/mol. The van der Waals surface area contributed by atoms with Crippen molar-refractivity contribution in [2.24, 2.45) is 0 Å². The van der Waals surface area contributed by atoms with Gasteiger partial charge >= 0.3 is 6.18 Å². The largest absolute Gasteiger partial charge is 0.416 e. The van der Waals surface area contributed by atoms with E-state index in [1.807, 2.05) is 12.1 Å². The fraction of sp³-hybridized carbons (Fsp3) is 0.304. The maximum atomic E-state index is 12.9. The Bertz CT molecular complexity index is 1010. The number of nitrogens with zero attached hydrogens (tertiary/aromatic N) is 4. The van der Waals surface area contributed by atoms with E-state index in [-0.39, 0.29) is 6.54 Å². The van der Waals surface area contributed by atoms with Gasteiger partial charge in [-0.25, -0.2) is 9.97 Å². The molecule has 4 rings (SSSR count). The first-order valence-electron chi connectivity index (χ1n) is 10.1. The zero-order chi connectivity index (χ0) is 21.8. The molecule has 0 unspecified atom stereocenters. The number of halogens is 3. The molecular formula is C23H24F3N5. The quantitative estimate of drug-likeness (QED) is 0.648. The summed E-state index contributed by atoms with van der Waals surface area (Å²) in [5.74, 6) is 0.561. The highest BCUT2D eigenvalue weighted by atomic mass is 19.4. The molecular weight excluding hydrogens is 403 g/mol. The summed E-state index contributed by atoms with van der Waals surface area (Å²) in [6.07, 6.45) is -2.90. The first-order chi connectivity index (χ1) is 14.9. The number of piperazine rings is 1. The zero-order valence-electron chi connectivity index (χ0n) is 17.2. The molecule has 0 aliphatic carbocycles. The Labute approximate surface area is 179 Å². The van der Waals surface area contributed by atoms with Crippen LogP contribution in [0.4, 0.5) is 24.7 Å².